The van der Waals surface area contributed by atoms with E-state index in [0.717, 1.165) is 5.57 Å². The first-order chi connectivity index (χ1) is 8.34. The zero-order valence-electron chi connectivity index (χ0n) is 11.4. The van der Waals surface area contributed by atoms with E-state index in [1.54, 1.807) is 12.1 Å². The van der Waals surface area contributed by atoms with E-state index in [4.69, 9.17) is 5.84 Å². The van der Waals surface area contributed by atoms with Gasteiger partial charge < -0.3 is 0 Å². The third-order valence-electron chi connectivity index (χ3n) is 2.60. The molecule has 1 aromatic carbocycles. The Morgan fingerprint density at radius 3 is 2.50 bits per heavy atom. The van der Waals surface area contributed by atoms with Crippen LogP contribution in [0.15, 0.2) is 48.2 Å². The van der Waals surface area contributed by atoms with Crippen LogP contribution in [0.1, 0.15) is 27.7 Å². The second-order valence-electron chi connectivity index (χ2n) is 5.22. The molecule has 3 heteroatoms. The van der Waals surface area contributed by atoms with E-state index in [1.165, 1.54) is 17.1 Å². The van der Waals surface area contributed by atoms with Crippen LogP contribution < -0.4 is 10.9 Å². The Kier molecular flexibility index (Phi) is 4.68. The molecule has 0 heterocycles. The van der Waals surface area contributed by atoms with Crippen molar-refractivity contribution in [3.8, 4) is 0 Å². The summed E-state index contributed by atoms with van der Waals surface area (Å²) >= 11 is 0. The lowest BCUT2D eigenvalue weighted by Gasteiger charge is -2.23. The maximum Gasteiger partial charge on any atom is 0.125 e. The van der Waals surface area contributed by atoms with Crippen molar-refractivity contribution in [2.24, 2.45) is 11.3 Å². The smallest absolute Gasteiger partial charge is 0.125 e. The Morgan fingerprint density at radius 1 is 1.33 bits per heavy atom. The molecule has 0 radical (unpaired) electrons. The van der Waals surface area contributed by atoms with Crippen molar-refractivity contribution < 1.29 is 4.39 Å². The molecular weight excluding hydrogens is 227 g/mol. The highest BCUT2D eigenvalue weighted by molar-refractivity contribution is 5.49. The van der Waals surface area contributed by atoms with Gasteiger partial charge in [0.25, 0.3) is 0 Å². The van der Waals surface area contributed by atoms with Crippen LogP contribution >= 0.6 is 0 Å². The Hall–Kier alpha value is -1.61. The van der Waals surface area contributed by atoms with Gasteiger partial charge >= 0.3 is 0 Å². The number of rotatable bonds is 3. The SMILES string of the molecule is C/C=C\C(=C/N(N)c1cccc(F)c1)C(C)(C)C. The fourth-order valence-corrected chi connectivity index (χ4v) is 1.53. The van der Waals surface area contributed by atoms with Gasteiger partial charge in [-0.3, -0.25) is 5.01 Å². The summed E-state index contributed by atoms with van der Waals surface area (Å²) in [6.07, 6.45) is 5.81. The van der Waals surface area contributed by atoms with Crippen LogP contribution in [0.3, 0.4) is 0 Å². The number of hydrogen-bond donors (Lipinski definition) is 1. The molecule has 2 nitrogen and oxygen atoms in total. The number of nitrogens with two attached hydrogens (primary N) is 1. The van der Waals surface area contributed by atoms with E-state index >= 15 is 0 Å². The van der Waals surface area contributed by atoms with Crippen LogP contribution in [0.2, 0.25) is 0 Å². The molecule has 0 aliphatic carbocycles. The van der Waals surface area contributed by atoms with E-state index in [2.05, 4.69) is 20.8 Å². The first-order valence-corrected chi connectivity index (χ1v) is 5.99. The standard InChI is InChI=1S/C15H21FN2/c1-5-7-12(15(2,3)4)11-18(17)14-9-6-8-13(16)10-14/h5-11H,17H2,1-4H3/b7-5-,12-11+. The minimum absolute atomic E-state index is 0.0164. The maximum absolute atomic E-state index is 13.1. The Morgan fingerprint density at radius 2 is 2.00 bits per heavy atom. The molecule has 2 N–H and O–H groups in total. The number of halogens is 1. The van der Waals surface area contributed by atoms with Gasteiger partial charge in [-0.2, -0.15) is 0 Å². The minimum Gasteiger partial charge on any atom is -0.287 e. The third kappa shape index (κ3) is 4.00. The summed E-state index contributed by atoms with van der Waals surface area (Å²) in [5.41, 5.74) is 1.69. The molecule has 98 valence electrons. The van der Waals surface area contributed by atoms with Crippen molar-refractivity contribution in [1.82, 2.24) is 0 Å². The first-order valence-electron chi connectivity index (χ1n) is 5.99. The van der Waals surface area contributed by atoms with E-state index in [-0.39, 0.29) is 11.2 Å². The van der Waals surface area contributed by atoms with E-state index in [0.29, 0.717) is 5.69 Å². The normalized spacial score (nSPS) is 13.1. The third-order valence-corrected chi connectivity index (χ3v) is 2.60. The highest BCUT2D eigenvalue weighted by Gasteiger charge is 2.15. The van der Waals surface area contributed by atoms with Gasteiger partial charge in [-0.05, 0) is 36.1 Å². The molecular formula is C15H21FN2. The molecule has 0 spiro atoms. The first kappa shape index (κ1) is 14.5. The van der Waals surface area contributed by atoms with Crippen molar-refractivity contribution in [3.63, 3.8) is 0 Å². The second kappa shape index (κ2) is 5.83. The number of anilines is 1. The molecule has 0 unspecified atom stereocenters. The van der Waals surface area contributed by atoms with Gasteiger partial charge in [-0.1, -0.05) is 39.0 Å². The number of nitrogens with zero attached hydrogens (tertiary/aromatic N) is 1. The summed E-state index contributed by atoms with van der Waals surface area (Å²) in [6.45, 7) is 8.29. The van der Waals surface area contributed by atoms with Crippen LogP contribution in [0.4, 0.5) is 10.1 Å². The average molecular weight is 248 g/mol. The van der Waals surface area contributed by atoms with Crippen molar-refractivity contribution >= 4 is 5.69 Å². The molecule has 0 fully saturated rings. The number of benzene rings is 1. The molecule has 0 bridgehead atoms. The summed E-state index contributed by atoms with van der Waals surface area (Å²) in [4.78, 5) is 0. The van der Waals surface area contributed by atoms with E-state index in [9.17, 15) is 4.39 Å². The van der Waals surface area contributed by atoms with E-state index < -0.39 is 0 Å². The van der Waals surface area contributed by atoms with Gasteiger partial charge in [0.15, 0.2) is 0 Å². The monoisotopic (exact) mass is 248 g/mol. The molecule has 0 saturated heterocycles. The predicted molar refractivity (Wildman–Crippen MR) is 75.4 cm³/mol. The summed E-state index contributed by atoms with van der Waals surface area (Å²) in [7, 11) is 0. The van der Waals surface area contributed by atoms with Gasteiger partial charge in [0.2, 0.25) is 0 Å². The molecule has 0 aliphatic rings. The van der Waals surface area contributed by atoms with Crippen molar-refractivity contribution in [3.05, 3.63) is 54.0 Å². The van der Waals surface area contributed by atoms with Crippen LogP contribution in [0.25, 0.3) is 0 Å². The quantitative estimate of drug-likeness (QED) is 0.497. The molecule has 1 aromatic rings. The Bertz CT molecular complexity index is 456. The maximum atomic E-state index is 13.1. The fraction of sp³-hybridized carbons (Fsp3) is 0.333. The summed E-state index contributed by atoms with van der Waals surface area (Å²) in [5, 5.41) is 1.45. The van der Waals surface area contributed by atoms with Crippen LogP contribution in [0, 0.1) is 11.2 Å². The van der Waals surface area contributed by atoms with Gasteiger partial charge in [0.1, 0.15) is 5.82 Å². The molecule has 0 atom stereocenters. The van der Waals surface area contributed by atoms with Crippen LogP contribution in [-0.2, 0) is 0 Å². The van der Waals surface area contributed by atoms with Crippen molar-refractivity contribution in [2.75, 3.05) is 5.01 Å². The minimum atomic E-state index is -0.292. The lowest BCUT2D eigenvalue weighted by molar-refractivity contribution is 0.514. The Balaban J connectivity index is 3.06. The van der Waals surface area contributed by atoms with Crippen LogP contribution in [0.5, 0.6) is 0 Å². The topological polar surface area (TPSA) is 29.3 Å². The summed E-state index contributed by atoms with van der Waals surface area (Å²) in [6, 6.07) is 6.23. The number of allylic oxidation sites excluding steroid dienone is 3. The van der Waals surface area contributed by atoms with Gasteiger partial charge in [0, 0.05) is 6.20 Å². The zero-order valence-corrected chi connectivity index (χ0v) is 11.4. The molecule has 18 heavy (non-hydrogen) atoms. The largest absolute Gasteiger partial charge is 0.287 e. The number of hydrogen-bond acceptors (Lipinski definition) is 2. The second-order valence-corrected chi connectivity index (χ2v) is 5.22. The van der Waals surface area contributed by atoms with Crippen molar-refractivity contribution in [2.45, 2.75) is 27.7 Å². The lowest BCUT2D eigenvalue weighted by atomic mass is 9.87. The van der Waals surface area contributed by atoms with Gasteiger partial charge in [-0.15, -0.1) is 0 Å². The van der Waals surface area contributed by atoms with Gasteiger partial charge in [-0.25, -0.2) is 10.2 Å². The summed E-state index contributed by atoms with van der Waals surface area (Å²) < 4.78 is 13.1. The highest BCUT2D eigenvalue weighted by atomic mass is 19.1. The highest BCUT2D eigenvalue weighted by Crippen LogP contribution is 2.27. The predicted octanol–water partition coefficient (Wildman–Crippen LogP) is 4.01. The molecule has 1 rings (SSSR count). The van der Waals surface area contributed by atoms with E-state index in [1.807, 2.05) is 25.3 Å². The molecule has 0 aliphatic heterocycles. The molecule has 0 amide bonds. The lowest BCUT2D eigenvalue weighted by Crippen LogP contribution is -2.26. The van der Waals surface area contributed by atoms with Crippen LogP contribution in [-0.4, -0.2) is 0 Å². The molecule has 0 aromatic heterocycles. The summed E-state index contributed by atoms with van der Waals surface area (Å²) in [5.74, 6) is 5.66. The Labute approximate surface area is 109 Å². The number of hydrazine groups is 1. The molecule has 0 saturated carbocycles. The fourth-order valence-electron chi connectivity index (χ4n) is 1.53. The average Bonchev–Trinajstić information content (AvgIpc) is 2.27. The zero-order chi connectivity index (χ0) is 13.8. The van der Waals surface area contributed by atoms with Crippen molar-refractivity contribution in [1.29, 1.82) is 0 Å². The van der Waals surface area contributed by atoms with Gasteiger partial charge in [0.05, 0.1) is 5.69 Å².